The summed E-state index contributed by atoms with van der Waals surface area (Å²) in [6.07, 6.45) is 0.884. The first-order chi connectivity index (χ1) is 12.0. The van der Waals surface area contributed by atoms with Crippen molar-refractivity contribution in [2.75, 3.05) is 0 Å². The topological polar surface area (TPSA) is 48.0 Å². The molecule has 0 saturated heterocycles. The lowest BCUT2D eigenvalue weighted by Crippen LogP contribution is -2.13. The summed E-state index contributed by atoms with van der Waals surface area (Å²) in [6.45, 7) is 4.80. The predicted molar refractivity (Wildman–Crippen MR) is 103 cm³/mol. The quantitative estimate of drug-likeness (QED) is 0.706. The minimum absolute atomic E-state index is 0.401. The number of amides is 1. The molecule has 1 aromatic heterocycles. The fourth-order valence-corrected chi connectivity index (χ4v) is 3.16. The van der Waals surface area contributed by atoms with E-state index in [0.29, 0.717) is 10.6 Å². The van der Waals surface area contributed by atoms with Crippen molar-refractivity contribution in [3.8, 4) is 11.3 Å². The van der Waals surface area contributed by atoms with Crippen LogP contribution < -0.4 is 5.73 Å². The Bertz CT molecular complexity index is 893. The average Bonchev–Trinajstić information content (AvgIpc) is 2.92. The molecule has 25 heavy (non-hydrogen) atoms. The first kappa shape index (κ1) is 17.3. The van der Waals surface area contributed by atoms with Gasteiger partial charge in [0.05, 0.1) is 5.56 Å². The summed E-state index contributed by atoms with van der Waals surface area (Å²) in [7, 11) is 0. The van der Waals surface area contributed by atoms with E-state index in [1.807, 2.05) is 37.3 Å². The number of benzene rings is 2. The van der Waals surface area contributed by atoms with Gasteiger partial charge in [-0.2, -0.15) is 0 Å². The van der Waals surface area contributed by atoms with Crippen LogP contribution >= 0.6 is 11.6 Å². The Morgan fingerprint density at radius 2 is 1.68 bits per heavy atom. The summed E-state index contributed by atoms with van der Waals surface area (Å²) in [6, 6.07) is 18.0. The van der Waals surface area contributed by atoms with Crippen LogP contribution in [0.15, 0.2) is 54.6 Å². The molecule has 1 heterocycles. The van der Waals surface area contributed by atoms with E-state index in [1.165, 1.54) is 11.1 Å². The zero-order chi connectivity index (χ0) is 18.0. The number of hydrogen-bond acceptors (Lipinski definition) is 1. The number of carbonyl (C=O) groups is 1. The minimum atomic E-state index is -0.401. The maximum atomic E-state index is 11.8. The Morgan fingerprint density at radius 3 is 2.28 bits per heavy atom. The van der Waals surface area contributed by atoms with Crippen molar-refractivity contribution in [3.05, 3.63) is 82.0 Å². The van der Waals surface area contributed by atoms with Crippen LogP contribution in [0.2, 0.25) is 5.02 Å². The molecule has 0 aliphatic rings. The van der Waals surface area contributed by atoms with E-state index in [1.54, 1.807) is 0 Å². The standard InChI is InChI=1S/C21H21ClN2O/c1-14-3-5-16(6-4-14)11-12-24-15(2)19(21(23)25)13-20(24)17-7-9-18(22)10-8-17/h3-10,13H,11-12H2,1-2H3,(H2,23,25). The molecule has 0 radical (unpaired) electrons. The highest BCUT2D eigenvalue weighted by Crippen LogP contribution is 2.27. The largest absolute Gasteiger partial charge is 0.366 e. The van der Waals surface area contributed by atoms with Gasteiger partial charge in [0.2, 0.25) is 0 Å². The maximum Gasteiger partial charge on any atom is 0.250 e. The lowest BCUT2D eigenvalue weighted by atomic mass is 10.1. The molecule has 0 aliphatic carbocycles. The number of carbonyl (C=O) groups excluding carboxylic acids is 1. The number of hydrogen-bond donors (Lipinski definition) is 1. The molecule has 2 N–H and O–H groups in total. The van der Waals surface area contributed by atoms with E-state index < -0.39 is 5.91 Å². The normalized spacial score (nSPS) is 10.8. The molecule has 0 atom stereocenters. The highest BCUT2D eigenvalue weighted by Gasteiger charge is 2.16. The van der Waals surface area contributed by atoms with Crippen LogP contribution in [0.4, 0.5) is 0 Å². The third kappa shape index (κ3) is 3.77. The summed E-state index contributed by atoms with van der Waals surface area (Å²) in [4.78, 5) is 11.8. The third-order valence-electron chi connectivity index (χ3n) is 4.52. The molecule has 3 rings (SSSR count). The summed E-state index contributed by atoms with van der Waals surface area (Å²) < 4.78 is 2.16. The van der Waals surface area contributed by atoms with Crippen LogP contribution in [-0.4, -0.2) is 10.5 Å². The number of halogens is 1. The molecule has 0 unspecified atom stereocenters. The minimum Gasteiger partial charge on any atom is -0.366 e. The average molecular weight is 353 g/mol. The predicted octanol–water partition coefficient (Wildman–Crippen LogP) is 4.77. The molecular formula is C21H21ClN2O. The second-order valence-electron chi connectivity index (χ2n) is 6.29. The van der Waals surface area contributed by atoms with Gasteiger partial charge in [-0.15, -0.1) is 0 Å². The van der Waals surface area contributed by atoms with Crippen LogP contribution in [0.1, 0.15) is 27.2 Å². The van der Waals surface area contributed by atoms with Crippen molar-refractivity contribution >= 4 is 17.5 Å². The second-order valence-corrected chi connectivity index (χ2v) is 6.72. The van der Waals surface area contributed by atoms with E-state index >= 15 is 0 Å². The number of rotatable bonds is 5. The first-order valence-corrected chi connectivity index (χ1v) is 8.65. The van der Waals surface area contributed by atoms with Crippen molar-refractivity contribution in [2.24, 2.45) is 5.73 Å². The van der Waals surface area contributed by atoms with E-state index in [0.717, 1.165) is 29.9 Å². The van der Waals surface area contributed by atoms with Crippen LogP contribution in [0, 0.1) is 13.8 Å². The zero-order valence-electron chi connectivity index (χ0n) is 14.4. The van der Waals surface area contributed by atoms with Gasteiger partial charge in [-0.25, -0.2) is 0 Å². The van der Waals surface area contributed by atoms with E-state index in [-0.39, 0.29) is 0 Å². The molecule has 128 valence electrons. The maximum absolute atomic E-state index is 11.8. The molecule has 0 fully saturated rings. The molecule has 2 aromatic carbocycles. The fraction of sp³-hybridized carbons (Fsp3) is 0.190. The molecule has 4 heteroatoms. The Morgan fingerprint density at radius 1 is 1.04 bits per heavy atom. The summed E-state index contributed by atoms with van der Waals surface area (Å²) in [5.41, 5.74) is 11.5. The highest BCUT2D eigenvalue weighted by atomic mass is 35.5. The molecule has 3 aromatic rings. The van der Waals surface area contributed by atoms with Gasteiger partial charge in [-0.1, -0.05) is 53.6 Å². The van der Waals surface area contributed by atoms with E-state index in [9.17, 15) is 4.79 Å². The van der Waals surface area contributed by atoms with E-state index in [2.05, 4.69) is 35.8 Å². The highest BCUT2D eigenvalue weighted by molar-refractivity contribution is 6.30. The third-order valence-corrected chi connectivity index (χ3v) is 4.77. The number of nitrogens with two attached hydrogens (primary N) is 1. The van der Waals surface area contributed by atoms with Gasteiger partial charge in [-0.3, -0.25) is 4.79 Å². The van der Waals surface area contributed by atoms with Crippen molar-refractivity contribution in [2.45, 2.75) is 26.8 Å². The molecule has 0 spiro atoms. The van der Waals surface area contributed by atoms with Gasteiger partial charge in [-0.05, 0) is 49.6 Å². The van der Waals surface area contributed by atoms with Crippen LogP contribution in [-0.2, 0) is 13.0 Å². The van der Waals surface area contributed by atoms with Crippen molar-refractivity contribution in [3.63, 3.8) is 0 Å². The molecule has 3 nitrogen and oxygen atoms in total. The first-order valence-electron chi connectivity index (χ1n) is 8.27. The fourth-order valence-electron chi connectivity index (χ4n) is 3.04. The van der Waals surface area contributed by atoms with Gasteiger partial charge >= 0.3 is 0 Å². The Hall–Kier alpha value is -2.52. The zero-order valence-corrected chi connectivity index (χ0v) is 15.2. The SMILES string of the molecule is Cc1ccc(CCn2c(-c3ccc(Cl)cc3)cc(C(N)=O)c2C)cc1. The van der Waals surface area contributed by atoms with Crippen LogP contribution in [0.3, 0.4) is 0 Å². The summed E-state index contributed by atoms with van der Waals surface area (Å²) in [5.74, 6) is -0.401. The number of aryl methyl sites for hydroxylation is 2. The lowest BCUT2D eigenvalue weighted by molar-refractivity contribution is 0.0999. The van der Waals surface area contributed by atoms with Crippen LogP contribution in [0.25, 0.3) is 11.3 Å². The Kier molecular flexibility index (Phi) is 4.95. The van der Waals surface area contributed by atoms with Gasteiger partial charge in [0.25, 0.3) is 5.91 Å². The molecule has 0 aliphatic heterocycles. The summed E-state index contributed by atoms with van der Waals surface area (Å²) in [5, 5.41) is 0.688. The van der Waals surface area contributed by atoms with Crippen molar-refractivity contribution in [1.82, 2.24) is 4.57 Å². The molecule has 1 amide bonds. The second kappa shape index (κ2) is 7.16. The Balaban J connectivity index is 1.96. The molecular weight excluding hydrogens is 332 g/mol. The van der Waals surface area contributed by atoms with Gasteiger partial charge in [0.1, 0.15) is 0 Å². The van der Waals surface area contributed by atoms with E-state index in [4.69, 9.17) is 17.3 Å². The molecule has 0 saturated carbocycles. The smallest absolute Gasteiger partial charge is 0.250 e. The van der Waals surface area contributed by atoms with Crippen molar-refractivity contribution < 1.29 is 4.79 Å². The number of primary amides is 1. The van der Waals surface area contributed by atoms with Gasteiger partial charge < -0.3 is 10.3 Å². The van der Waals surface area contributed by atoms with Gasteiger partial charge in [0.15, 0.2) is 0 Å². The molecule has 0 bridgehead atoms. The van der Waals surface area contributed by atoms with Crippen LogP contribution in [0.5, 0.6) is 0 Å². The van der Waals surface area contributed by atoms with Crippen molar-refractivity contribution in [1.29, 1.82) is 0 Å². The number of nitrogens with zero attached hydrogens (tertiary/aromatic N) is 1. The lowest BCUT2D eigenvalue weighted by Gasteiger charge is -2.12. The summed E-state index contributed by atoms with van der Waals surface area (Å²) >= 11 is 6.00. The number of aromatic nitrogens is 1. The monoisotopic (exact) mass is 352 g/mol. The van der Waals surface area contributed by atoms with Gasteiger partial charge in [0, 0.05) is 23.0 Å². The Labute approximate surface area is 153 Å².